The maximum atomic E-state index is 8.87. The summed E-state index contributed by atoms with van der Waals surface area (Å²) in [6, 6.07) is 2.37. The highest BCUT2D eigenvalue weighted by atomic mass is 15.0. The van der Waals surface area contributed by atoms with Crippen molar-refractivity contribution in [2.75, 3.05) is 7.05 Å². The van der Waals surface area contributed by atoms with E-state index in [1.165, 1.54) is 12.8 Å². The van der Waals surface area contributed by atoms with Gasteiger partial charge in [-0.25, -0.2) is 0 Å². The van der Waals surface area contributed by atoms with E-state index in [-0.39, 0.29) is 5.54 Å². The molecule has 0 unspecified atom stereocenters. The summed E-state index contributed by atoms with van der Waals surface area (Å²) in [5.41, 5.74) is -0.208. The van der Waals surface area contributed by atoms with Crippen molar-refractivity contribution in [1.82, 2.24) is 5.32 Å². The van der Waals surface area contributed by atoms with Crippen LogP contribution in [0.25, 0.3) is 0 Å². The quantitative estimate of drug-likeness (QED) is 0.592. The van der Waals surface area contributed by atoms with E-state index >= 15 is 0 Å². The zero-order valence-electron chi connectivity index (χ0n) is 6.65. The van der Waals surface area contributed by atoms with E-state index in [2.05, 4.69) is 18.3 Å². The van der Waals surface area contributed by atoms with Crippen molar-refractivity contribution in [3.63, 3.8) is 0 Å². The van der Waals surface area contributed by atoms with Gasteiger partial charge >= 0.3 is 0 Å². The van der Waals surface area contributed by atoms with Crippen LogP contribution in [0.2, 0.25) is 0 Å². The molecule has 2 nitrogen and oxygen atoms in total. The van der Waals surface area contributed by atoms with Crippen LogP contribution in [0, 0.1) is 17.2 Å². The van der Waals surface area contributed by atoms with Gasteiger partial charge in [0.15, 0.2) is 0 Å². The second-order valence-electron chi connectivity index (χ2n) is 3.13. The lowest BCUT2D eigenvalue weighted by Crippen LogP contribution is -2.43. The fourth-order valence-corrected chi connectivity index (χ4v) is 1.77. The predicted octanol–water partition coefficient (Wildman–Crippen LogP) is 1.29. The van der Waals surface area contributed by atoms with E-state index in [1.54, 1.807) is 0 Å². The Morgan fingerprint density at radius 1 is 1.70 bits per heavy atom. The molecular formula is C8H14N2. The van der Waals surface area contributed by atoms with Gasteiger partial charge in [-0.1, -0.05) is 13.3 Å². The van der Waals surface area contributed by atoms with Crippen LogP contribution in [0.5, 0.6) is 0 Å². The Labute approximate surface area is 62.2 Å². The molecule has 2 heteroatoms. The molecule has 0 aromatic heterocycles. The zero-order chi connectivity index (χ0) is 7.61. The van der Waals surface area contributed by atoms with E-state index in [9.17, 15) is 0 Å². The zero-order valence-corrected chi connectivity index (χ0v) is 6.65. The predicted molar refractivity (Wildman–Crippen MR) is 40.4 cm³/mol. The number of hydrogen-bond acceptors (Lipinski definition) is 2. The summed E-state index contributed by atoms with van der Waals surface area (Å²) in [5.74, 6) is 0.516. The highest BCUT2D eigenvalue weighted by Gasteiger charge is 2.38. The van der Waals surface area contributed by atoms with Crippen LogP contribution in [0.1, 0.15) is 26.2 Å². The maximum absolute atomic E-state index is 8.87. The molecule has 0 radical (unpaired) electrons. The van der Waals surface area contributed by atoms with Gasteiger partial charge in [-0.05, 0) is 25.8 Å². The number of hydrogen-bond donors (Lipinski definition) is 1. The minimum Gasteiger partial charge on any atom is -0.302 e. The molecule has 2 atom stereocenters. The number of rotatable bonds is 1. The first kappa shape index (κ1) is 7.56. The lowest BCUT2D eigenvalue weighted by atomic mass is 9.90. The first-order chi connectivity index (χ1) is 4.75. The molecule has 0 aromatic carbocycles. The highest BCUT2D eigenvalue weighted by Crippen LogP contribution is 2.34. The Kier molecular flexibility index (Phi) is 1.96. The molecule has 10 heavy (non-hydrogen) atoms. The van der Waals surface area contributed by atoms with Crippen LogP contribution in [0.4, 0.5) is 0 Å². The van der Waals surface area contributed by atoms with E-state index in [0.29, 0.717) is 5.92 Å². The van der Waals surface area contributed by atoms with Crippen molar-refractivity contribution in [3.8, 4) is 6.07 Å². The molecular weight excluding hydrogens is 124 g/mol. The average molecular weight is 138 g/mol. The fourth-order valence-electron chi connectivity index (χ4n) is 1.77. The van der Waals surface area contributed by atoms with Crippen molar-refractivity contribution in [1.29, 1.82) is 5.26 Å². The van der Waals surface area contributed by atoms with Gasteiger partial charge in [-0.3, -0.25) is 0 Å². The topological polar surface area (TPSA) is 35.8 Å². The minimum atomic E-state index is -0.208. The molecule has 1 rings (SSSR count). The fraction of sp³-hybridized carbons (Fsp3) is 0.875. The third-order valence-electron chi connectivity index (χ3n) is 2.70. The second kappa shape index (κ2) is 2.59. The van der Waals surface area contributed by atoms with E-state index in [1.807, 2.05) is 7.05 Å². The average Bonchev–Trinajstić information content (AvgIpc) is 2.32. The van der Waals surface area contributed by atoms with Crippen molar-refractivity contribution in [3.05, 3.63) is 0 Å². The first-order valence-corrected chi connectivity index (χ1v) is 3.85. The first-order valence-electron chi connectivity index (χ1n) is 3.85. The van der Waals surface area contributed by atoms with Crippen molar-refractivity contribution in [2.45, 2.75) is 31.7 Å². The van der Waals surface area contributed by atoms with Gasteiger partial charge in [-0.2, -0.15) is 5.26 Å². The van der Waals surface area contributed by atoms with Gasteiger partial charge in [0.25, 0.3) is 0 Å². The normalized spacial score (nSPS) is 39.5. The molecule has 0 amide bonds. The Hall–Kier alpha value is -0.550. The molecule has 1 N–H and O–H groups in total. The molecule has 0 spiro atoms. The minimum absolute atomic E-state index is 0.208. The Morgan fingerprint density at radius 3 is 2.60 bits per heavy atom. The Morgan fingerprint density at radius 2 is 2.40 bits per heavy atom. The van der Waals surface area contributed by atoms with Crippen LogP contribution in [0.3, 0.4) is 0 Å². The molecule has 0 bridgehead atoms. The number of nitrogens with zero attached hydrogens (tertiary/aromatic N) is 1. The lowest BCUT2D eigenvalue weighted by molar-refractivity contribution is 0.362. The third kappa shape index (κ3) is 0.911. The van der Waals surface area contributed by atoms with E-state index in [4.69, 9.17) is 5.26 Å². The summed E-state index contributed by atoms with van der Waals surface area (Å²) >= 11 is 0. The molecule has 1 saturated carbocycles. The van der Waals surface area contributed by atoms with Gasteiger partial charge in [0.05, 0.1) is 6.07 Å². The second-order valence-corrected chi connectivity index (χ2v) is 3.13. The Balaban J connectivity index is 2.74. The monoisotopic (exact) mass is 138 g/mol. The molecule has 0 aliphatic heterocycles. The van der Waals surface area contributed by atoms with Gasteiger partial charge in [-0.15, -0.1) is 0 Å². The molecule has 0 saturated heterocycles. The molecule has 1 aliphatic carbocycles. The molecule has 0 aromatic rings. The SMILES string of the molecule is CN[C@]1(C#N)CCC[C@H]1C. The van der Waals surface area contributed by atoms with E-state index < -0.39 is 0 Å². The van der Waals surface area contributed by atoms with Gasteiger partial charge in [0.1, 0.15) is 5.54 Å². The van der Waals surface area contributed by atoms with Crippen molar-refractivity contribution < 1.29 is 0 Å². The summed E-state index contributed by atoms with van der Waals surface area (Å²) in [6.45, 7) is 2.15. The van der Waals surface area contributed by atoms with Crippen molar-refractivity contribution >= 4 is 0 Å². The Bertz CT molecular complexity index is 159. The summed E-state index contributed by atoms with van der Waals surface area (Å²) in [7, 11) is 1.88. The standard InChI is InChI=1S/C8H14N2/c1-7-4-3-5-8(7,6-9)10-2/h7,10H,3-5H2,1-2H3/t7-,8+/m1/s1. The molecule has 1 fully saturated rings. The lowest BCUT2D eigenvalue weighted by Gasteiger charge is -2.24. The highest BCUT2D eigenvalue weighted by molar-refractivity contribution is 5.12. The van der Waals surface area contributed by atoms with Crippen LogP contribution in [-0.2, 0) is 0 Å². The number of nitriles is 1. The van der Waals surface area contributed by atoms with Gasteiger partial charge < -0.3 is 5.32 Å². The van der Waals surface area contributed by atoms with Crippen LogP contribution in [-0.4, -0.2) is 12.6 Å². The third-order valence-corrected chi connectivity index (χ3v) is 2.70. The van der Waals surface area contributed by atoms with Crippen LogP contribution in [0.15, 0.2) is 0 Å². The smallest absolute Gasteiger partial charge is 0.109 e. The summed E-state index contributed by atoms with van der Waals surface area (Å²) in [4.78, 5) is 0. The summed E-state index contributed by atoms with van der Waals surface area (Å²) in [6.07, 6.45) is 3.39. The van der Waals surface area contributed by atoms with Crippen molar-refractivity contribution in [2.24, 2.45) is 5.92 Å². The van der Waals surface area contributed by atoms with Crippen LogP contribution < -0.4 is 5.32 Å². The van der Waals surface area contributed by atoms with Crippen LogP contribution >= 0.6 is 0 Å². The molecule has 0 heterocycles. The largest absolute Gasteiger partial charge is 0.302 e. The molecule has 56 valence electrons. The summed E-state index contributed by atoms with van der Waals surface area (Å²) < 4.78 is 0. The van der Waals surface area contributed by atoms with E-state index in [0.717, 1.165) is 6.42 Å². The summed E-state index contributed by atoms with van der Waals surface area (Å²) in [5, 5.41) is 12.0. The van der Waals surface area contributed by atoms with Gasteiger partial charge in [0.2, 0.25) is 0 Å². The molecule has 1 aliphatic rings. The van der Waals surface area contributed by atoms with Gasteiger partial charge in [0, 0.05) is 0 Å². The maximum Gasteiger partial charge on any atom is 0.109 e. The number of nitrogens with one attached hydrogen (secondary N) is 1.